The van der Waals surface area contributed by atoms with Gasteiger partial charge in [-0.2, -0.15) is 0 Å². The number of carbonyl (C=O) groups excluding carboxylic acids is 1. The summed E-state index contributed by atoms with van der Waals surface area (Å²) in [5.74, 6) is -1.20. The van der Waals surface area contributed by atoms with Crippen LogP contribution in [0.5, 0.6) is 0 Å². The number of nitrogens with zero attached hydrogens (tertiary/aromatic N) is 1. The highest BCUT2D eigenvalue weighted by Crippen LogP contribution is 2.33. The average molecular weight is 251 g/mol. The third-order valence-electron chi connectivity index (χ3n) is 3.76. The molecule has 1 aliphatic rings. The summed E-state index contributed by atoms with van der Waals surface area (Å²) in [7, 11) is 0. The first kappa shape index (κ1) is 12.7. The van der Waals surface area contributed by atoms with Crippen LogP contribution in [-0.4, -0.2) is 35.0 Å². The Bertz CT molecular complexity index is 479. The van der Waals surface area contributed by atoms with E-state index in [1.54, 1.807) is 4.90 Å². The molecule has 0 aliphatic carbocycles. The summed E-state index contributed by atoms with van der Waals surface area (Å²) in [6.07, 6.45) is 3.10. The quantitative estimate of drug-likeness (QED) is 0.894. The van der Waals surface area contributed by atoms with Gasteiger partial charge in [0, 0.05) is 19.2 Å². The van der Waals surface area contributed by atoms with Crippen LogP contribution in [0.4, 0.5) is 0 Å². The standard InChI is InChI=1S/C13H17NO4/c1-3-13(2)4-5-14(8-13)11(15)10-6-9(7-18-10)12(16)17/h6-7H,3-5,8H2,1-2H3,(H,16,17). The normalized spacial score (nSPS) is 23.3. The molecule has 5 nitrogen and oxygen atoms in total. The molecule has 1 unspecified atom stereocenters. The maximum atomic E-state index is 12.1. The number of aromatic carboxylic acids is 1. The van der Waals surface area contributed by atoms with E-state index in [1.165, 1.54) is 6.07 Å². The molecule has 18 heavy (non-hydrogen) atoms. The summed E-state index contributed by atoms with van der Waals surface area (Å²) in [6.45, 7) is 5.67. The molecule has 2 rings (SSSR count). The second-order valence-corrected chi connectivity index (χ2v) is 5.15. The lowest BCUT2D eigenvalue weighted by Crippen LogP contribution is -2.30. The minimum atomic E-state index is -1.09. The van der Waals surface area contributed by atoms with E-state index in [0.717, 1.165) is 19.1 Å². The van der Waals surface area contributed by atoms with Crippen LogP contribution in [0, 0.1) is 5.41 Å². The van der Waals surface area contributed by atoms with Gasteiger partial charge in [0.1, 0.15) is 6.26 Å². The van der Waals surface area contributed by atoms with Crippen molar-refractivity contribution < 1.29 is 19.1 Å². The monoisotopic (exact) mass is 251 g/mol. The van der Waals surface area contributed by atoms with Gasteiger partial charge < -0.3 is 14.4 Å². The molecule has 0 aromatic carbocycles. The van der Waals surface area contributed by atoms with Crippen molar-refractivity contribution in [3.05, 3.63) is 23.7 Å². The van der Waals surface area contributed by atoms with Gasteiger partial charge >= 0.3 is 5.97 Å². The van der Waals surface area contributed by atoms with E-state index in [9.17, 15) is 9.59 Å². The average Bonchev–Trinajstić information content (AvgIpc) is 2.95. The first-order chi connectivity index (χ1) is 8.45. The molecule has 0 saturated carbocycles. The fourth-order valence-corrected chi connectivity index (χ4v) is 2.20. The van der Waals surface area contributed by atoms with Crippen molar-refractivity contribution in [1.82, 2.24) is 4.90 Å². The first-order valence-corrected chi connectivity index (χ1v) is 6.06. The molecule has 2 heterocycles. The van der Waals surface area contributed by atoms with E-state index in [1.807, 2.05) is 0 Å². The van der Waals surface area contributed by atoms with Gasteiger partial charge in [0.15, 0.2) is 5.76 Å². The summed E-state index contributed by atoms with van der Waals surface area (Å²) in [5, 5.41) is 8.78. The zero-order valence-electron chi connectivity index (χ0n) is 10.6. The third-order valence-corrected chi connectivity index (χ3v) is 3.76. The third kappa shape index (κ3) is 2.25. The van der Waals surface area contributed by atoms with Crippen LogP contribution in [0.2, 0.25) is 0 Å². The van der Waals surface area contributed by atoms with Crippen molar-refractivity contribution in [3.8, 4) is 0 Å². The van der Waals surface area contributed by atoms with Crippen LogP contribution in [0.25, 0.3) is 0 Å². The Hall–Kier alpha value is -1.78. The van der Waals surface area contributed by atoms with E-state index in [-0.39, 0.29) is 22.6 Å². The Morgan fingerprint density at radius 3 is 2.78 bits per heavy atom. The van der Waals surface area contributed by atoms with E-state index in [2.05, 4.69) is 13.8 Å². The van der Waals surface area contributed by atoms with Gasteiger partial charge in [-0.15, -0.1) is 0 Å². The Morgan fingerprint density at radius 1 is 1.56 bits per heavy atom. The van der Waals surface area contributed by atoms with Crippen LogP contribution >= 0.6 is 0 Å². The van der Waals surface area contributed by atoms with Crippen molar-refractivity contribution in [1.29, 1.82) is 0 Å². The molecule has 98 valence electrons. The summed E-state index contributed by atoms with van der Waals surface area (Å²) < 4.78 is 5.03. The minimum Gasteiger partial charge on any atom is -0.478 e. The van der Waals surface area contributed by atoms with Gasteiger partial charge in [-0.3, -0.25) is 4.79 Å². The maximum Gasteiger partial charge on any atom is 0.338 e. The molecule has 1 fully saturated rings. The van der Waals surface area contributed by atoms with Crippen molar-refractivity contribution in [2.24, 2.45) is 5.41 Å². The Balaban J connectivity index is 2.10. The van der Waals surface area contributed by atoms with Gasteiger partial charge in [-0.1, -0.05) is 13.8 Å². The van der Waals surface area contributed by atoms with Crippen molar-refractivity contribution in [2.45, 2.75) is 26.7 Å². The molecule has 0 radical (unpaired) electrons. The molecule has 0 bridgehead atoms. The van der Waals surface area contributed by atoms with E-state index in [0.29, 0.717) is 13.1 Å². The lowest BCUT2D eigenvalue weighted by Gasteiger charge is -2.22. The number of carboxylic acid groups (broad SMARTS) is 1. The van der Waals surface area contributed by atoms with Gasteiger partial charge in [-0.25, -0.2) is 4.79 Å². The Kier molecular flexibility index (Phi) is 3.15. The predicted molar refractivity (Wildman–Crippen MR) is 64.6 cm³/mol. The fourth-order valence-electron chi connectivity index (χ4n) is 2.20. The number of hydrogen-bond acceptors (Lipinski definition) is 3. The SMILES string of the molecule is CCC1(C)CCN(C(=O)c2cc(C(=O)O)co2)C1. The maximum absolute atomic E-state index is 12.1. The lowest BCUT2D eigenvalue weighted by atomic mass is 9.87. The second kappa shape index (κ2) is 4.48. The minimum absolute atomic E-state index is 0.0100. The van der Waals surface area contributed by atoms with Gasteiger partial charge in [0.25, 0.3) is 5.91 Å². The number of carbonyl (C=O) groups is 2. The summed E-state index contributed by atoms with van der Waals surface area (Å²) in [6, 6.07) is 1.28. The smallest absolute Gasteiger partial charge is 0.338 e. The topological polar surface area (TPSA) is 70.8 Å². The largest absolute Gasteiger partial charge is 0.478 e. The van der Waals surface area contributed by atoms with Crippen molar-refractivity contribution in [3.63, 3.8) is 0 Å². The highest BCUT2D eigenvalue weighted by atomic mass is 16.4. The molecule has 0 spiro atoms. The zero-order chi connectivity index (χ0) is 13.3. The van der Waals surface area contributed by atoms with Crippen LogP contribution in [0.15, 0.2) is 16.7 Å². The molecular weight excluding hydrogens is 234 g/mol. The van der Waals surface area contributed by atoms with E-state index in [4.69, 9.17) is 9.52 Å². The van der Waals surface area contributed by atoms with Gasteiger partial charge in [0.2, 0.25) is 0 Å². The van der Waals surface area contributed by atoms with Crippen LogP contribution in [0.3, 0.4) is 0 Å². The number of likely N-dealkylation sites (tertiary alicyclic amines) is 1. The van der Waals surface area contributed by atoms with Crippen LogP contribution in [0.1, 0.15) is 47.6 Å². The summed E-state index contributed by atoms with van der Waals surface area (Å²) >= 11 is 0. The van der Waals surface area contributed by atoms with Crippen LogP contribution < -0.4 is 0 Å². The lowest BCUT2D eigenvalue weighted by molar-refractivity contribution is 0.0694. The highest BCUT2D eigenvalue weighted by molar-refractivity contribution is 5.95. The first-order valence-electron chi connectivity index (χ1n) is 6.06. The van der Waals surface area contributed by atoms with E-state index < -0.39 is 5.97 Å². The molecular formula is C13H17NO4. The molecule has 1 amide bonds. The summed E-state index contributed by atoms with van der Waals surface area (Å²) in [5.41, 5.74) is 0.175. The number of amides is 1. The molecule has 1 N–H and O–H groups in total. The van der Waals surface area contributed by atoms with Crippen molar-refractivity contribution in [2.75, 3.05) is 13.1 Å². The summed E-state index contributed by atoms with van der Waals surface area (Å²) in [4.78, 5) is 24.6. The number of hydrogen-bond donors (Lipinski definition) is 1. The molecule has 1 atom stereocenters. The highest BCUT2D eigenvalue weighted by Gasteiger charge is 2.35. The molecule has 1 aliphatic heterocycles. The van der Waals surface area contributed by atoms with E-state index >= 15 is 0 Å². The van der Waals surface area contributed by atoms with Crippen LogP contribution in [-0.2, 0) is 0 Å². The Labute approximate surface area is 105 Å². The molecule has 1 aromatic heterocycles. The molecule has 1 saturated heterocycles. The van der Waals surface area contributed by atoms with Gasteiger partial charge in [0.05, 0.1) is 5.56 Å². The molecule has 1 aromatic rings. The Morgan fingerprint density at radius 2 is 2.28 bits per heavy atom. The number of furan rings is 1. The fraction of sp³-hybridized carbons (Fsp3) is 0.538. The number of carboxylic acids is 1. The second-order valence-electron chi connectivity index (χ2n) is 5.15. The molecule has 5 heteroatoms. The predicted octanol–water partition coefficient (Wildman–Crippen LogP) is 2.24. The zero-order valence-corrected chi connectivity index (χ0v) is 10.6. The number of rotatable bonds is 3. The van der Waals surface area contributed by atoms with Gasteiger partial charge in [-0.05, 0) is 18.3 Å². The van der Waals surface area contributed by atoms with Crippen molar-refractivity contribution >= 4 is 11.9 Å².